The van der Waals surface area contributed by atoms with Crippen molar-refractivity contribution in [2.45, 2.75) is 26.1 Å². The van der Waals surface area contributed by atoms with Gasteiger partial charge in [0.1, 0.15) is 29.0 Å². The van der Waals surface area contributed by atoms with E-state index in [-0.39, 0.29) is 22.6 Å². The number of rotatable bonds is 9. The zero-order chi connectivity index (χ0) is 30.1. The van der Waals surface area contributed by atoms with E-state index in [2.05, 4.69) is 9.84 Å². The minimum absolute atomic E-state index is 0.0151. The van der Waals surface area contributed by atoms with Gasteiger partial charge in [0.05, 0.1) is 18.3 Å². The Bertz CT molecular complexity index is 1530. The average Bonchev–Trinajstić information content (AvgIpc) is 2.89. The summed E-state index contributed by atoms with van der Waals surface area (Å²) in [6, 6.07) is 8.08. The maximum atomic E-state index is 14.9. The maximum absolute atomic E-state index is 14.9. The lowest BCUT2D eigenvalue weighted by Gasteiger charge is -2.40. The molecular formula is C26H24F4N3O7P. The molecule has 15 heteroatoms. The van der Waals surface area contributed by atoms with Crippen LogP contribution in [0.15, 0.2) is 48.5 Å². The Balaban J connectivity index is 1.63. The number of carbonyl (C=O) groups excluding carboxylic acids is 2. The standard InChI is InChI=1S/C26H24F4N3O7P/c1-14-17-7-6-15(25(34)31-11-18-21(29)9-16(27)10-22(18)30)8-23(17)33(26(35)32(14)2)12-19-20(28)4-3-5-24(19)39-13-40-41(36,37)38/h3-10,14H,11-13H2,1-2H3,(H,31,34)(H2,36,37,38)/t14-/m0/s1. The highest BCUT2D eigenvalue weighted by molar-refractivity contribution is 7.46. The van der Waals surface area contributed by atoms with Crippen LogP contribution in [0.3, 0.4) is 0 Å². The van der Waals surface area contributed by atoms with Crippen molar-refractivity contribution in [2.75, 3.05) is 18.7 Å². The first-order valence-electron chi connectivity index (χ1n) is 12.0. The number of halogens is 4. The summed E-state index contributed by atoms with van der Waals surface area (Å²) in [6.45, 7) is -0.146. The minimum Gasteiger partial charge on any atom is -0.466 e. The Morgan fingerprint density at radius 3 is 2.37 bits per heavy atom. The summed E-state index contributed by atoms with van der Waals surface area (Å²) >= 11 is 0. The number of ether oxygens (including phenoxy) is 1. The summed E-state index contributed by atoms with van der Waals surface area (Å²) in [7, 11) is -3.34. The Morgan fingerprint density at radius 2 is 1.71 bits per heavy atom. The van der Waals surface area contributed by atoms with Gasteiger partial charge in [-0.15, -0.1) is 0 Å². The van der Waals surface area contributed by atoms with Crippen LogP contribution in [0.4, 0.5) is 28.0 Å². The first kappa shape index (κ1) is 30.0. The first-order chi connectivity index (χ1) is 19.3. The molecule has 0 saturated heterocycles. The largest absolute Gasteiger partial charge is 0.472 e. The molecule has 0 unspecified atom stereocenters. The molecule has 3 N–H and O–H groups in total. The topological polar surface area (TPSA) is 129 Å². The number of urea groups is 1. The molecule has 10 nitrogen and oxygen atoms in total. The smallest absolute Gasteiger partial charge is 0.466 e. The van der Waals surface area contributed by atoms with Crippen LogP contribution in [0.1, 0.15) is 40.0 Å². The maximum Gasteiger partial charge on any atom is 0.472 e. The lowest BCUT2D eigenvalue weighted by molar-refractivity contribution is 0.0818. The molecular weight excluding hydrogens is 573 g/mol. The van der Waals surface area contributed by atoms with Gasteiger partial charge in [-0.3, -0.25) is 9.69 Å². The fourth-order valence-electron chi connectivity index (χ4n) is 4.25. The Labute approximate surface area is 231 Å². The molecule has 0 aliphatic carbocycles. The Morgan fingerprint density at radius 1 is 1.02 bits per heavy atom. The molecule has 41 heavy (non-hydrogen) atoms. The predicted molar refractivity (Wildman–Crippen MR) is 137 cm³/mol. The third kappa shape index (κ3) is 6.68. The molecule has 1 atom stereocenters. The van der Waals surface area contributed by atoms with E-state index in [1.54, 1.807) is 13.0 Å². The van der Waals surface area contributed by atoms with Crippen molar-refractivity contribution in [2.24, 2.45) is 0 Å². The third-order valence-corrected chi connectivity index (χ3v) is 6.95. The van der Waals surface area contributed by atoms with Gasteiger partial charge in [-0.2, -0.15) is 0 Å². The molecule has 1 aliphatic rings. The summed E-state index contributed by atoms with van der Waals surface area (Å²) in [6.07, 6.45) is 0. The summed E-state index contributed by atoms with van der Waals surface area (Å²) < 4.78 is 76.6. The lowest BCUT2D eigenvalue weighted by atomic mass is 9.98. The number of amides is 3. The van der Waals surface area contributed by atoms with Crippen LogP contribution in [-0.2, 0) is 22.2 Å². The van der Waals surface area contributed by atoms with E-state index in [4.69, 9.17) is 14.5 Å². The molecule has 0 spiro atoms. The van der Waals surface area contributed by atoms with Crippen molar-refractivity contribution in [3.05, 3.63) is 94.1 Å². The minimum atomic E-state index is -4.87. The second-order valence-electron chi connectivity index (χ2n) is 9.06. The van der Waals surface area contributed by atoms with E-state index >= 15 is 0 Å². The van der Waals surface area contributed by atoms with Crippen LogP contribution in [0.5, 0.6) is 5.75 Å². The van der Waals surface area contributed by atoms with Crippen molar-refractivity contribution < 1.29 is 50.8 Å². The molecule has 0 fully saturated rings. The van der Waals surface area contributed by atoms with E-state index in [0.29, 0.717) is 17.7 Å². The fourth-order valence-corrected chi connectivity index (χ4v) is 4.44. The molecule has 218 valence electrons. The number of phosphoric acid groups is 1. The van der Waals surface area contributed by atoms with Crippen LogP contribution in [-0.4, -0.2) is 40.5 Å². The number of nitrogens with one attached hydrogen (secondary N) is 1. The Kier molecular flexibility index (Phi) is 8.69. The predicted octanol–water partition coefficient (Wildman–Crippen LogP) is 4.75. The monoisotopic (exact) mass is 597 g/mol. The van der Waals surface area contributed by atoms with Crippen molar-refractivity contribution in [1.29, 1.82) is 0 Å². The van der Waals surface area contributed by atoms with E-state index < -0.39 is 74.5 Å². The van der Waals surface area contributed by atoms with Gasteiger partial charge in [-0.05, 0) is 36.8 Å². The molecule has 0 saturated carbocycles. The lowest BCUT2D eigenvalue weighted by Crippen LogP contribution is -2.46. The molecule has 3 aromatic carbocycles. The summed E-state index contributed by atoms with van der Waals surface area (Å²) in [5.74, 6) is -5.13. The molecule has 0 bridgehead atoms. The van der Waals surface area contributed by atoms with Crippen molar-refractivity contribution in [1.82, 2.24) is 10.2 Å². The summed E-state index contributed by atoms with van der Waals surface area (Å²) in [5.41, 5.74) is 0.179. The van der Waals surface area contributed by atoms with Gasteiger partial charge in [-0.1, -0.05) is 12.1 Å². The van der Waals surface area contributed by atoms with Gasteiger partial charge in [0.25, 0.3) is 5.91 Å². The highest BCUT2D eigenvalue weighted by atomic mass is 31.2. The quantitative estimate of drug-likeness (QED) is 0.185. The molecule has 0 radical (unpaired) electrons. The number of phosphoric ester groups is 1. The van der Waals surface area contributed by atoms with Crippen molar-refractivity contribution in [3.8, 4) is 5.75 Å². The SMILES string of the molecule is C[C@H]1c2ccc(C(=O)NCc3c(F)cc(F)cc3F)cc2N(Cc2c(F)cccc2OCOP(=O)(O)O)C(=O)N1C. The van der Waals surface area contributed by atoms with Crippen LogP contribution in [0.2, 0.25) is 0 Å². The van der Waals surface area contributed by atoms with E-state index in [1.165, 1.54) is 41.1 Å². The van der Waals surface area contributed by atoms with E-state index in [1.807, 2.05) is 0 Å². The molecule has 3 aromatic rings. The molecule has 0 aromatic heterocycles. The van der Waals surface area contributed by atoms with E-state index in [0.717, 1.165) is 6.07 Å². The average molecular weight is 597 g/mol. The highest BCUT2D eigenvalue weighted by Gasteiger charge is 2.35. The van der Waals surface area contributed by atoms with Gasteiger partial charge in [-0.25, -0.2) is 31.4 Å². The number of anilines is 1. The number of nitrogens with zero attached hydrogens (tertiary/aromatic N) is 2. The molecule has 1 heterocycles. The van der Waals surface area contributed by atoms with Gasteiger partial charge < -0.3 is 24.7 Å². The molecule has 4 rings (SSSR count). The number of fused-ring (bicyclic) bond motifs is 1. The van der Waals surface area contributed by atoms with Crippen LogP contribution >= 0.6 is 7.82 Å². The fraction of sp³-hybridized carbons (Fsp3) is 0.231. The third-order valence-electron chi connectivity index (χ3n) is 6.51. The number of benzene rings is 3. The second-order valence-corrected chi connectivity index (χ2v) is 10.3. The van der Waals surface area contributed by atoms with Gasteiger partial charge in [0, 0.05) is 42.4 Å². The zero-order valence-electron chi connectivity index (χ0n) is 21.6. The summed E-state index contributed by atoms with van der Waals surface area (Å²) in [4.78, 5) is 46.5. The number of hydrogen-bond donors (Lipinski definition) is 3. The Hall–Kier alpha value is -3.97. The highest BCUT2D eigenvalue weighted by Crippen LogP contribution is 2.39. The van der Waals surface area contributed by atoms with Crippen LogP contribution < -0.4 is 15.0 Å². The summed E-state index contributed by atoms with van der Waals surface area (Å²) in [5, 5.41) is 2.36. The molecule has 1 aliphatic heterocycles. The number of hydrogen-bond acceptors (Lipinski definition) is 5. The second kappa shape index (κ2) is 11.9. The van der Waals surface area contributed by atoms with Crippen LogP contribution in [0, 0.1) is 23.3 Å². The van der Waals surface area contributed by atoms with Crippen molar-refractivity contribution >= 4 is 25.4 Å². The first-order valence-corrected chi connectivity index (χ1v) is 13.5. The van der Waals surface area contributed by atoms with Gasteiger partial charge in [0.15, 0.2) is 6.79 Å². The normalized spacial score (nSPS) is 15.1. The van der Waals surface area contributed by atoms with Gasteiger partial charge in [0.2, 0.25) is 0 Å². The number of carbonyl (C=O) groups is 2. The van der Waals surface area contributed by atoms with Crippen molar-refractivity contribution in [3.63, 3.8) is 0 Å². The zero-order valence-corrected chi connectivity index (χ0v) is 22.5. The van der Waals surface area contributed by atoms with Gasteiger partial charge >= 0.3 is 13.9 Å². The molecule has 3 amide bonds. The van der Waals surface area contributed by atoms with Crippen LogP contribution in [0.25, 0.3) is 0 Å². The van der Waals surface area contributed by atoms with E-state index in [9.17, 15) is 31.7 Å².